The van der Waals surface area contributed by atoms with Gasteiger partial charge in [0.25, 0.3) is 0 Å². The second kappa shape index (κ2) is 4.42. The zero-order chi connectivity index (χ0) is 14.8. The van der Waals surface area contributed by atoms with Crippen LogP contribution in [-0.4, -0.2) is 27.7 Å². The Hall–Kier alpha value is -0.670. The first-order valence-corrected chi connectivity index (χ1v) is 8.59. The van der Waals surface area contributed by atoms with Gasteiger partial charge in [0, 0.05) is 6.42 Å². The summed E-state index contributed by atoms with van der Waals surface area (Å²) in [6.07, 6.45) is 8.67. The van der Waals surface area contributed by atoms with E-state index in [1.165, 1.54) is 0 Å². The number of aliphatic hydroxyl groups is 2. The fourth-order valence-corrected chi connectivity index (χ4v) is 6.16. The molecule has 3 heteroatoms. The smallest absolute Gasteiger partial charge is 0.155 e. The highest BCUT2D eigenvalue weighted by Gasteiger charge is 2.59. The van der Waals surface area contributed by atoms with Crippen LogP contribution in [0.1, 0.15) is 58.3 Å². The summed E-state index contributed by atoms with van der Waals surface area (Å²) in [5.74, 6) is 1.56. The number of ketones is 1. The minimum absolute atomic E-state index is 0.0588. The lowest BCUT2D eigenvalue weighted by atomic mass is 9.50. The van der Waals surface area contributed by atoms with Crippen molar-refractivity contribution >= 4 is 5.78 Å². The van der Waals surface area contributed by atoms with Gasteiger partial charge in [-0.15, -0.1) is 0 Å². The number of aliphatic hydroxyl groups excluding tert-OH is 1. The zero-order valence-corrected chi connectivity index (χ0v) is 12.8. The van der Waals surface area contributed by atoms with Crippen LogP contribution in [-0.2, 0) is 4.79 Å². The van der Waals surface area contributed by atoms with E-state index < -0.39 is 5.60 Å². The largest absolute Gasteiger partial charge is 0.393 e. The first-order chi connectivity index (χ1) is 9.95. The summed E-state index contributed by atoms with van der Waals surface area (Å²) in [4.78, 5) is 11.7. The van der Waals surface area contributed by atoms with Crippen LogP contribution in [0, 0.1) is 23.2 Å². The molecule has 4 aliphatic carbocycles. The monoisotopic (exact) mass is 290 g/mol. The molecule has 0 radical (unpaired) electrons. The van der Waals surface area contributed by atoms with E-state index in [0.29, 0.717) is 30.6 Å². The minimum atomic E-state index is -0.730. The topological polar surface area (TPSA) is 57.5 Å². The van der Waals surface area contributed by atoms with Crippen molar-refractivity contribution in [2.24, 2.45) is 23.2 Å². The molecule has 4 rings (SSSR count). The van der Waals surface area contributed by atoms with Crippen molar-refractivity contribution in [2.75, 3.05) is 0 Å². The maximum atomic E-state index is 11.7. The van der Waals surface area contributed by atoms with E-state index >= 15 is 0 Å². The fourth-order valence-electron chi connectivity index (χ4n) is 6.16. The van der Waals surface area contributed by atoms with Gasteiger partial charge in [0.1, 0.15) is 0 Å². The van der Waals surface area contributed by atoms with Gasteiger partial charge >= 0.3 is 0 Å². The molecular formula is C18H26O3. The van der Waals surface area contributed by atoms with Crippen molar-refractivity contribution in [3.8, 4) is 0 Å². The third-order valence-corrected chi connectivity index (χ3v) is 7.39. The molecule has 0 spiro atoms. The van der Waals surface area contributed by atoms with Gasteiger partial charge in [-0.05, 0) is 79.8 Å². The van der Waals surface area contributed by atoms with Gasteiger partial charge in [-0.1, -0.05) is 6.92 Å². The molecule has 3 fully saturated rings. The summed E-state index contributed by atoms with van der Waals surface area (Å²) in [6, 6.07) is 0. The maximum absolute atomic E-state index is 11.7. The molecule has 0 aliphatic heterocycles. The third-order valence-electron chi connectivity index (χ3n) is 7.39. The molecule has 21 heavy (non-hydrogen) atoms. The molecule has 2 N–H and O–H groups in total. The van der Waals surface area contributed by atoms with Crippen molar-refractivity contribution < 1.29 is 15.0 Å². The summed E-state index contributed by atoms with van der Waals surface area (Å²) in [5.41, 5.74) is 0.330. The Bertz CT molecular complexity index is 511. The van der Waals surface area contributed by atoms with E-state index in [1.807, 2.05) is 0 Å². The molecule has 0 aromatic rings. The van der Waals surface area contributed by atoms with E-state index in [1.54, 1.807) is 6.08 Å². The summed E-state index contributed by atoms with van der Waals surface area (Å²) >= 11 is 0. The van der Waals surface area contributed by atoms with Crippen LogP contribution in [0.5, 0.6) is 0 Å². The summed E-state index contributed by atoms with van der Waals surface area (Å²) in [6.45, 7) is 2.26. The van der Waals surface area contributed by atoms with E-state index in [4.69, 9.17) is 0 Å². The lowest BCUT2D eigenvalue weighted by molar-refractivity contribution is -0.129. The number of rotatable bonds is 0. The second-order valence-corrected chi connectivity index (χ2v) is 8.11. The first-order valence-electron chi connectivity index (χ1n) is 8.59. The van der Waals surface area contributed by atoms with Gasteiger partial charge in [0.2, 0.25) is 0 Å². The Labute approximate surface area is 126 Å². The first kappa shape index (κ1) is 14.0. The predicted octanol–water partition coefficient (Wildman–Crippen LogP) is 2.60. The average molecular weight is 290 g/mol. The van der Waals surface area contributed by atoms with Crippen molar-refractivity contribution in [1.29, 1.82) is 0 Å². The lowest BCUT2D eigenvalue weighted by Gasteiger charge is -2.56. The molecule has 1 unspecified atom stereocenters. The van der Waals surface area contributed by atoms with Gasteiger partial charge in [-0.2, -0.15) is 0 Å². The number of hydrogen-bond acceptors (Lipinski definition) is 3. The van der Waals surface area contributed by atoms with E-state index in [9.17, 15) is 15.0 Å². The van der Waals surface area contributed by atoms with E-state index in [2.05, 4.69) is 6.92 Å². The van der Waals surface area contributed by atoms with E-state index in [-0.39, 0.29) is 17.3 Å². The van der Waals surface area contributed by atoms with Crippen molar-refractivity contribution in [2.45, 2.75) is 70.0 Å². The molecule has 0 bridgehead atoms. The molecule has 116 valence electrons. The van der Waals surface area contributed by atoms with Crippen LogP contribution in [0.4, 0.5) is 0 Å². The SMILES string of the molecule is C[C@]12CC[C@H]3[C@@H](CCC4=CC(=O)CC[C@@]43O)[C@@H]1CCC2O. The van der Waals surface area contributed by atoms with Gasteiger partial charge in [0.05, 0.1) is 11.7 Å². The van der Waals surface area contributed by atoms with Crippen molar-refractivity contribution in [1.82, 2.24) is 0 Å². The number of fused-ring (bicyclic) bond motifs is 5. The summed E-state index contributed by atoms with van der Waals surface area (Å²) in [5, 5.41) is 21.7. The van der Waals surface area contributed by atoms with Gasteiger partial charge in [0.15, 0.2) is 5.78 Å². The lowest BCUT2D eigenvalue weighted by Crippen LogP contribution is -2.55. The molecular weight excluding hydrogens is 264 g/mol. The average Bonchev–Trinajstić information content (AvgIpc) is 2.76. The summed E-state index contributed by atoms with van der Waals surface area (Å²) < 4.78 is 0. The van der Waals surface area contributed by atoms with Crippen LogP contribution in [0.15, 0.2) is 11.6 Å². The highest BCUT2D eigenvalue weighted by Crippen LogP contribution is 2.62. The molecule has 0 amide bonds. The fraction of sp³-hybridized carbons (Fsp3) is 0.833. The van der Waals surface area contributed by atoms with Crippen LogP contribution in [0.2, 0.25) is 0 Å². The van der Waals surface area contributed by atoms with Gasteiger partial charge < -0.3 is 10.2 Å². The normalized spacial score (nSPS) is 52.7. The zero-order valence-electron chi connectivity index (χ0n) is 12.8. The number of carbonyl (C=O) groups is 1. The third kappa shape index (κ3) is 1.77. The van der Waals surface area contributed by atoms with Crippen molar-refractivity contribution in [3.05, 3.63) is 11.6 Å². The molecule has 0 saturated heterocycles. The Morgan fingerprint density at radius 2 is 1.90 bits per heavy atom. The quantitative estimate of drug-likeness (QED) is 0.721. The number of hydrogen-bond donors (Lipinski definition) is 2. The summed E-state index contributed by atoms with van der Waals surface area (Å²) in [7, 11) is 0. The molecule has 4 aliphatic rings. The number of carbonyl (C=O) groups excluding carboxylic acids is 1. The van der Waals surface area contributed by atoms with Crippen LogP contribution >= 0.6 is 0 Å². The van der Waals surface area contributed by atoms with Crippen molar-refractivity contribution in [3.63, 3.8) is 0 Å². The molecule has 0 aromatic heterocycles. The standard InChI is InChI=1S/C18H26O3/c1-17-8-7-15-13(14(17)4-5-16(17)20)3-2-11-10-12(19)6-9-18(11,15)21/h10,13-16,20-21H,2-9H2,1H3/t13-,14-,15-,16?,17-,18+/m0/s1. The second-order valence-electron chi connectivity index (χ2n) is 8.11. The molecule has 0 heterocycles. The Morgan fingerprint density at radius 3 is 2.71 bits per heavy atom. The van der Waals surface area contributed by atoms with Gasteiger partial charge in [-0.3, -0.25) is 4.79 Å². The molecule has 3 saturated carbocycles. The highest BCUT2D eigenvalue weighted by atomic mass is 16.3. The van der Waals surface area contributed by atoms with Crippen LogP contribution < -0.4 is 0 Å². The van der Waals surface area contributed by atoms with E-state index in [0.717, 1.165) is 44.1 Å². The molecule has 3 nitrogen and oxygen atoms in total. The maximum Gasteiger partial charge on any atom is 0.155 e. The molecule has 0 aromatic carbocycles. The van der Waals surface area contributed by atoms with Gasteiger partial charge in [-0.25, -0.2) is 0 Å². The predicted molar refractivity (Wildman–Crippen MR) is 79.6 cm³/mol. The highest BCUT2D eigenvalue weighted by molar-refractivity contribution is 5.92. The minimum Gasteiger partial charge on any atom is -0.393 e. The Morgan fingerprint density at radius 1 is 1.10 bits per heavy atom. The molecule has 6 atom stereocenters. The Kier molecular flexibility index (Phi) is 2.94. The Balaban J connectivity index is 1.69. The van der Waals surface area contributed by atoms with Crippen LogP contribution in [0.25, 0.3) is 0 Å². The van der Waals surface area contributed by atoms with Crippen LogP contribution in [0.3, 0.4) is 0 Å².